The fourth-order valence-electron chi connectivity index (χ4n) is 2.01. The third kappa shape index (κ3) is 2.91. The molecule has 0 spiro atoms. The first-order valence-corrected chi connectivity index (χ1v) is 7.84. The van der Waals surface area contributed by atoms with Crippen LogP contribution in [0.4, 0.5) is 11.4 Å². The molecule has 1 aliphatic carbocycles. The van der Waals surface area contributed by atoms with Crippen LogP contribution in [-0.4, -0.2) is 30.7 Å². The van der Waals surface area contributed by atoms with Gasteiger partial charge in [-0.1, -0.05) is 6.92 Å². The van der Waals surface area contributed by atoms with Crippen LogP contribution < -0.4 is 5.73 Å². The maximum atomic E-state index is 12.5. The van der Waals surface area contributed by atoms with Crippen molar-refractivity contribution in [1.29, 1.82) is 0 Å². The van der Waals surface area contributed by atoms with Gasteiger partial charge in [0.2, 0.25) is 10.0 Å². The van der Waals surface area contributed by atoms with Crippen molar-refractivity contribution in [3.05, 3.63) is 28.3 Å². The fourth-order valence-corrected chi connectivity index (χ4v) is 3.63. The predicted molar refractivity (Wildman–Crippen MR) is 74.7 cm³/mol. The van der Waals surface area contributed by atoms with Gasteiger partial charge in [0.25, 0.3) is 5.69 Å². The third-order valence-corrected chi connectivity index (χ3v) is 5.35. The van der Waals surface area contributed by atoms with E-state index in [2.05, 4.69) is 0 Å². The minimum Gasteiger partial charge on any atom is -0.397 e. The second kappa shape index (κ2) is 5.37. The third-order valence-electron chi connectivity index (χ3n) is 3.33. The lowest BCUT2D eigenvalue weighted by molar-refractivity contribution is -0.384. The van der Waals surface area contributed by atoms with Crippen molar-refractivity contribution < 1.29 is 13.3 Å². The van der Waals surface area contributed by atoms with Crippen molar-refractivity contribution in [2.45, 2.75) is 24.7 Å². The highest BCUT2D eigenvalue weighted by atomic mass is 32.2. The summed E-state index contributed by atoms with van der Waals surface area (Å²) in [5.74, 6) is 0.420. The zero-order chi connectivity index (χ0) is 14.9. The van der Waals surface area contributed by atoms with Crippen molar-refractivity contribution >= 4 is 21.4 Å². The van der Waals surface area contributed by atoms with Crippen molar-refractivity contribution in [2.24, 2.45) is 5.92 Å². The Morgan fingerprint density at radius 1 is 1.45 bits per heavy atom. The van der Waals surface area contributed by atoms with Crippen LogP contribution in [0.25, 0.3) is 0 Å². The number of non-ortho nitro benzene ring substituents is 1. The van der Waals surface area contributed by atoms with Crippen molar-refractivity contribution in [2.75, 3.05) is 18.8 Å². The molecule has 110 valence electrons. The van der Waals surface area contributed by atoms with E-state index in [1.165, 1.54) is 10.4 Å². The lowest BCUT2D eigenvalue weighted by Gasteiger charge is -2.21. The van der Waals surface area contributed by atoms with Crippen LogP contribution in [0.3, 0.4) is 0 Å². The Morgan fingerprint density at radius 3 is 2.55 bits per heavy atom. The first-order chi connectivity index (χ1) is 9.36. The smallest absolute Gasteiger partial charge is 0.271 e. The van der Waals surface area contributed by atoms with Crippen molar-refractivity contribution in [1.82, 2.24) is 4.31 Å². The Bertz CT molecular complexity index is 626. The molecule has 20 heavy (non-hydrogen) atoms. The zero-order valence-corrected chi connectivity index (χ0v) is 12.0. The summed E-state index contributed by atoms with van der Waals surface area (Å²) in [5, 5.41) is 10.6. The van der Waals surface area contributed by atoms with Gasteiger partial charge in [-0.25, -0.2) is 8.42 Å². The highest BCUT2D eigenvalue weighted by Crippen LogP contribution is 2.33. The number of nitro benzene ring substituents is 1. The Hall–Kier alpha value is -1.67. The molecular formula is C12H17N3O4S. The van der Waals surface area contributed by atoms with E-state index in [0.29, 0.717) is 19.0 Å². The topological polar surface area (TPSA) is 107 Å². The Balaban J connectivity index is 2.34. The molecule has 1 aromatic rings. The van der Waals surface area contributed by atoms with Gasteiger partial charge < -0.3 is 5.73 Å². The van der Waals surface area contributed by atoms with E-state index in [0.717, 1.165) is 25.0 Å². The maximum absolute atomic E-state index is 12.5. The minimum absolute atomic E-state index is 0.0643. The number of anilines is 1. The standard InChI is InChI=1S/C12H17N3O4S/c1-2-14(8-9-3-4-9)20(18,19)12-6-5-10(15(16)17)7-11(12)13/h5-7,9H,2-4,8,13H2,1H3. The Kier molecular flexibility index (Phi) is 3.96. The maximum Gasteiger partial charge on any atom is 0.271 e. The lowest BCUT2D eigenvalue weighted by Crippen LogP contribution is -2.33. The molecule has 0 heterocycles. The van der Waals surface area contributed by atoms with Gasteiger partial charge in [0.15, 0.2) is 0 Å². The van der Waals surface area contributed by atoms with Gasteiger partial charge in [0.1, 0.15) is 4.90 Å². The van der Waals surface area contributed by atoms with Crippen LogP contribution in [0.5, 0.6) is 0 Å². The van der Waals surface area contributed by atoms with Gasteiger partial charge in [-0.2, -0.15) is 4.31 Å². The molecule has 0 saturated heterocycles. The van der Waals surface area contributed by atoms with Crippen LogP contribution in [0.2, 0.25) is 0 Å². The number of hydrogen-bond donors (Lipinski definition) is 1. The van der Waals surface area contributed by atoms with Gasteiger partial charge in [0.05, 0.1) is 10.6 Å². The van der Waals surface area contributed by atoms with Gasteiger partial charge in [-0.3, -0.25) is 10.1 Å². The molecule has 7 nitrogen and oxygen atoms in total. The number of nitrogens with two attached hydrogens (primary N) is 1. The highest BCUT2D eigenvalue weighted by Gasteiger charge is 2.32. The van der Waals surface area contributed by atoms with E-state index >= 15 is 0 Å². The average molecular weight is 299 g/mol. The largest absolute Gasteiger partial charge is 0.397 e. The lowest BCUT2D eigenvalue weighted by atomic mass is 10.3. The molecule has 1 fully saturated rings. The molecule has 1 saturated carbocycles. The van der Waals surface area contributed by atoms with E-state index < -0.39 is 14.9 Å². The molecule has 8 heteroatoms. The number of nitro groups is 1. The molecule has 0 aliphatic heterocycles. The SMILES string of the molecule is CCN(CC1CC1)S(=O)(=O)c1ccc([N+](=O)[O-])cc1N. The quantitative estimate of drug-likeness (QED) is 0.488. The van der Waals surface area contributed by atoms with Crippen LogP contribution in [0.15, 0.2) is 23.1 Å². The molecule has 0 bridgehead atoms. The molecule has 1 aliphatic rings. The summed E-state index contributed by atoms with van der Waals surface area (Å²) in [4.78, 5) is 9.98. The van der Waals surface area contributed by atoms with Gasteiger partial charge >= 0.3 is 0 Å². The second-order valence-corrected chi connectivity index (χ2v) is 6.78. The molecule has 0 unspecified atom stereocenters. The number of hydrogen-bond acceptors (Lipinski definition) is 5. The summed E-state index contributed by atoms with van der Waals surface area (Å²) in [7, 11) is -3.69. The molecule has 2 rings (SSSR count). The predicted octanol–water partition coefficient (Wildman–Crippen LogP) is 1.60. The number of rotatable bonds is 6. The zero-order valence-electron chi connectivity index (χ0n) is 11.2. The Morgan fingerprint density at radius 2 is 2.10 bits per heavy atom. The molecule has 0 amide bonds. The van der Waals surface area contributed by atoms with Crippen LogP contribution >= 0.6 is 0 Å². The van der Waals surface area contributed by atoms with Crippen molar-refractivity contribution in [3.63, 3.8) is 0 Å². The minimum atomic E-state index is -3.69. The summed E-state index contributed by atoms with van der Waals surface area (Å²) in [6, 6.07) is 3.45. The van der Waals surface area contributed by atoms with Crippen molar-refractivity contribution in [3.8, 4) is 0 Å². The van der Waals surface area contributed by atoms with E-state index in [1.54, 1.807) is 6.92 Å². The Labute approximate surface area is 117 Å². The van der Waals surface area contributed by atoms with E-state index in [1.807, 2.05) is 0 Å². The second-order valence-electron chi connectivity index (χ2n) is 4.88. The average Bonchev–Trinajstić information content (AvgIpc) is 3.19. The summed E-state index contributed by atoms with van der Waals surface area (Å²) in [6.07, 6.45) is 2.09. The summed E-state index contributed by atoms with van der Waals surface area (Å²) < 4.78 is 26.4. The highest BCUT2D eigenvalue weighted by molar-refractivity contribution is 7.89. The molecule has 1 aromatic carbocycles. The fraction of sp³-hybridized carbons (Fsp3) is 0.500. The summed E-state index contributed by atoms with van der Waals surface area (Å²) in [5.41, 5.74) is 5.37. The number of nitrogens with zero attached hydrogens (tertiary/aromatic N) is 2. The molecular weight excluding hydrogens is 282 g/mol. The summed E-state index contributed by atoms with van der Waals surface area (Å²) in [6.45, 7) is 2.60. The first kappa shape index (κ1) is 14.7. The van der Waals surface area contributed by atoms with Crippen LogP contribution in [0, 0.1) is 16.0 Å². The molecule has 0 aromatic heterocycles. The number of nitrogen functional groups attached to an aromatic ring is 1. The normalized spacial score (nSPS) is 15.5. The van der Waals surface area contributed by atoms with Crippen LogP contribution in [0.1, 0.15) is 19.8 Å². The van der Waals surface area contributed by atoms with E-state index in [4.69, 9.17) is 5.73 Å². The van der Waals surface area contributed by atoms with Gasteiger partial charge in [0, 0.05) is 25.2 Å². The van der Waals surface area contributed by atoms with E-state index in [9.17, 15) is 18.5 Å². The number of sulfonamides is 1. The molecule has 0 atom stereocenters. The van der Waals surface area contributed by atoms with E-state index in [-0.39, 0.29) is 16.3 Å². The first-order valence-electron chi connectivity index (χ1n) is 6.40. The van der Waals surface area contributed by atoms with Crippen LogP contribution in [-0.2, 0) is 10.0 Å². The number of benzene rings is 1. The monoisotopic (exact) mass is 299 g/mol. The summed E-state index contributed by atoms with van der Waals surface area (Å²) >= 11 is 0. The molecule has 2 N–H and O–H groups in total. The van der Waals surface area contributed by atoms with Gasteiger partial charge in [-0.15, -0.1) is 0 Å². The van der Waals surface area contributed by atoms with Gasteiger partial charge in [-0.05, 0) is 24.8 Å². The molecule has 0 radical (unpaired) electrons.